The number of halogens is 3. The number of rotatable bonds is 6. The van der Waals surface area contributed by atoms with Crippen LogP contribution in [0.5, 0.6) is 5.88 Å². The van der Waals surface area contributed by atoms with Crippen LogP contribution in [0, 0.1) is 18.6 Å². The fourth-order valence-corrected chi connectivity index (χ4v) is 4.21. The molecule has 0 aliphatic heterocycles. The van der Waals surface area contributed by atoms with Crippen molar-refractivity contribution in [3.8, 4) is 11.6 Å². The first-order valence-electron chi connectivity index (χ1n) is 11.2. The molecule has 0 radical (unpaired) electrons. The molecular weight excluding hydrogens is 480 g/mol. The van der Waals surface area contributed by atoms with E-state index in [0.29, 0.717) is 29.7 Å². The zero-order chi connectivity index (χ0) is 25.1. The summed E-state index contributed by atoms with van der Waals surface area (Å²) in [5.41, 5.74) is 0.850. The largest absolute Gasteiger partial charge is 0.471 e. The van der Waals surface area contributed by atoms with E-state index < -0.39 is 23.3 Å². The summed E-state index contributed by atoms with van der Waals surface area (Å²) in [6.45, 7) is 1.47. The summed E-state index contributed by atoms with van der Waals surface area (Å²) < 4.78 is 33.5. The van der Waals surface area contributed by atoms with E-state index >= 15 is 0 Å². The van der Waals surface area contributed by atoms with Crippen molar-refractivity contribution in [3.05, 3.63) is 86.4 Å². The molecule has 10 heteroatoms. The minimum atomic E-state index is -0.791. The number of nitrogens with zero attached hydrogens (tertiary/aromatic N) is 2. The molecule has 7 nitrogen and oxygen atoms in total. The summed E-state index contributed by atoms with van der Waals surface area (Å²) in [6, 6.07) is 7.62. The normalized spacial score (nSPS) is 17.7. The number of aliphatic hydroxyl groups excluding tert-OH is 1. The molecule has 2 N–H and O–H groups in total. The predicted octanol–water partition coefficient (Wildman–Crippen LogP) is 4.08. The van der Waals surface area contributed by atoms with Gasteiger partial charge in [-0.2, -0.15) is 0 Å². The topological polar surface area (TPSA) is 93.5 Å². The van der Waals surface area contributed by atoms with Crippen molar-refractivity contribution >= 4 is 17.5 Å². The summed E-state index contributed by atoms with van der Waals surface area (Å²) in [4.78, 5) is 29.8. The Balaban J connectivity index is 1.56. The Labute approximate surface area is 205 Å². The summed E-state index contributed by atoms with van der Waals surface area (Å²) in [5.74, 6) is -2.06. The number of hydrogen-bond acceptors (Lipinski definition) is 5. The van der Waals surface area contributed by atoms with Crippen LogP contribution >= 0.6 is 11.6 Å². The molecule has 184 valence electrons. The Kier molecular flexibility index (Phi) is 7.47. The van der Waals surface area contributed by atoms with Gasteiger partial charge >= 0.3 is 0 Å². The quantitative estimate of drug-likeness (QED) is 0.528. The summed E-state index contributed by atoms with van der Waals surface area (Å²) in [7, 11) is 0. The lowest BCUT2D eigenvalue weighted by Crippen LogP contribution is -2.45. The number of carbonyl (C=O) groups excluding carboxylic acids is 1. The molecule has 0 saturated heterocycles. The molecule has 1 aromatic heterocycles. The van der Waals surface area contributed by atoms with Gasteiger partial charge in [-0.05, 0) is 49.6 Å². The Morgan fingerprint density at radius 1 is 1.23 bits per heavy atom. The van der Waals surface area contributed by atoms with Crippen molar-refractivity contribution in [2.75, 3.05) is 0 Å². The van der Waals surface area contributed by atoms with Crippen molar-refractivity contribution in [1.82, 2.24) is 14.9 Å². The van der Waals surface area contributed by atoms with E-state index in [1.54, 1.807) is 25.1 Å². The summed E-state index contributed by atoms with van der Waals surface area (Å²) in [6.07, 6.45) is 3.83. The lowest BCUT2D eigenvalue weighted by molar-refractivity contribution is 0.0717. The van der Waals surface area contributed by atoms with Gasteiger partial charge in [0, 0.05) is 17.2 Å². The van der Waals surface area contributed by atoms with E-state index in [-0.39, 0.29) is 35.0 Å². The van der Waals surface area contributed by atoms with Gasteiger partial charge in [0.1, 0.15) is 24.6 Å². The van der Waals surface area contributed by atoms with Gasteiger partial charge in [0.25, 0.3) is 11.5 Å². The fourth-order valence-electron chi connectivity index (χ4n) is 4.02. The minimum absolute atomic E-state index is 0.0751. The molecule has 1 aliphatic rings. The Hall–Kier alpha value is -3.30. The van der Waals surface area contributed by atoms with Crippen LogP contribution in [0.4, 0.5) is 8.78 Å². The number of aromatic nitrogens is 2. The van der Waals surface area contributed by atoms with Crippen molar-refractivity contribution < 1.29 is 23.4 Å². The third-order valence-corrected chi connectivity index (χ3v) is 6.36. The first-order chi connectivity index (χ1) is 16.7. The average Bonchev–Trinajstić information content (AvgIpc) is 2.83. The highest BCUT2D eigenvalue weighted by atomic mass is 35.5. The first-order valence-corrected chi connectivity index (χ1v) is 11.6. The van der Waals surface area contributed by atoms with Crippen LogP contribution in [0.15, 0.2) is 47.5 Å². The van der Waals surface area contributed by atoms with Crippen molar-refractivity contribution in [2.45, 2.75) is 51.4 Å². The molecule has 2 aromatic carbocycles. The third-order valence-electron chi connectivity index (χ3n) is 6.04. The molecule has 0 spiro atoms. The SMILES string of the molecule is Cc1ccc(C(=O)N[C@H]2CCCC[C@@H]2O)cc1-n1cnc(OCc2ccc(F)cc2F)c(Cl)c1=O. The van der Waals surface area contributed by atoms with Crippen LogP contribution in [0.3, 0.4) is 0 Å². The molecular formula is C25H24ClF2N3O4. The third kappa shape index (κ3) is 5.52. The van der Waals surface area contributed by atoms with E-state index in [9.17, 15) is 23.5 Å². The Morgan fingerprint density at radius 2 is 2.00 bits per heavy atom. The molecule has 1 fully saturated rings. The van der Waals surface area contributed by atoms with Gasteiger partial charge in [-0.15, -0.1) is 0 Å². The molecule has 4 rings (SSSR count). The molecule has 2 atom stereocenters. The zero-order valence-electron chi connectivity index (χ0n) is 18.9. The van der Waals surface area contributed by atoms with Crippen LogP contribution in [-0.2, 0) is 6.61 Å². The Bertz CT molecular complexity index is 1310. The van der Waals surface area contributed by atoms with Crippen LogP contribution in [0.25, 0.3) is 5.69 Å². The second-order valence-electron chi connectivity index (χ2n) is 8.50. The molecule has 0 bridgehead atoms. The number of amides is 1. The van der Waals surface area contributed by atoms with Gasteiger partial charge < -0.3 is 15.2 Å². The lowest BCUT2D eigenvalue weighted by atomic mass is 9.92. The number of hydrogen-bond donors (Lipinski definition) is 2. The highest BCUT2D eigenvalue weighted by molar-refractivity contribution is 6.31. The molecule has 1 heterocycles. The molecule has 0 unspecified atom stereocenters. The van der Waals surface area contributed by atoms with Crippen molar-refractivity contribution in [3.63, 3.8) is 0 Å². The maximum Gasteiger partial charge on any atom is 0.280 e. The van der Waals surface area contributed by atoms with Gasteiger partial charge in [0.15, 0.2) is 5.02 Å². The number of nitrogens with one attached hydrogen (secondary N) is 1. The molecule has 1 saturated carbocycles. The predicted molar refractivity (Wildman–Crippen MR) is 126 cm³/mol. The monoisotopic (exact) mass is 503 g/mol. The van der Waals surface area contributed by atoms with Crippen LogP contribution < -0.4 is 15.6 Å². The van der Waals surface area contributed by atoms with Crippen molar-refractivity contribution in [1.29, 1.82) is 0 Å². The first kappa shape index (κ1) is 24.8. The van der Waals surface area contributed by atoms with E-state index in [2.05, 4.69) is 10.3 Å². The highest BCUT2D eigenvalue weighted by Crippen LogP contribution is 2.23. The van der Waals surface area contributed by atoms with Gasteiger partial charge in [-0.1, -0.05) is 30.5 Å². The number of carbonyl (C=O) groups is 1. The molecule has 1 aliphatic carbocycles. The number of ether oxygens (including phenoxy) is 1. The van der Waals surface area contributed by atoms with Gasteiger partial charge in [0.05, 0.1) is 17.8 Å². The number of benzene rings is 2. The van der Waals surface area contributed by atoms with E-state index in [1.165, 1.54) is 17.0 Å². The smallest absolute Gasteiger partial charge is 0.280 e. The van der Waals surface area contributed by atoms with E-state index in [1.807, 2.05) is 0 Å². The minimum Gasteiger partial charge on any atom is -0.471 e. The second kappa shape index (κ2) is 10.5. The number of aryl methyl sites for hydroxylation is 1. The number of aliphatic hydroxyl groups is 1. The van der Waals surface area contributed by atoms with Gasteiger partial charge in [0.2, 0.25) is 5.88 Å². The Morgan fingerprint density at radius 3 is 2.74 bits per heavy atom. The lowest BCUT2D eigenvalue weighted by Gasteiger charge is -2.28. The van der Waals surface area contributed by atoms with E-state index in [0.717, 1.165) is 25.0 Å². The zero-order valence-corrected chi connectivity index (χ0v) is 19.7. The highest BCUT2D eigenvalue weighted by Gasteiger charge is 2.25. The van der Waals surface area contributed by atoms with Gasteiger partial charge in [-0.25, -0.2) is 13.8 Å². The fraction of sp³-hybridized carbons (Fsp3) is 0.320. The second-order valence-corrected chi connectivity index (χ2v) is 8.87. The van der Waals surface area contributed by atoms with Crippen molar-refractivity contribution in [2.24, 2.45) is 0 Å². The molecule has 35 heavy (non-hydrogen) atoms. The van der Waals surface area contributed by atoms with E-state index in [4.69, 9.17) is 16.3 Å². The summed E-state index contributed by atoms with van der Waals surface area (Å²) >= 11 is 6.20. The van der Waals surface area contributed by atoms with Crippen LogP contribution in [0.1, 0.15) is 47.2 Å². The molecule has 3 aromatic rings. The van der Waals surface area contributed by atoms with Crippen LogP contribution in [-0.4, -0.2) is 32.7 Å². The standard InChI is InChI=1S/C25H24ClF2N3O4/c1-14-6-7-15(23(33)30-19-4-2-3-5-21(19)32)10-20(14)31-13-29-24(22(26)25(31)34)35-12-16-8-9-17(27)11-18(16)28/h6-11,13,19,21,32H,2-5,12H2,1H3,(H,30,33)/t19-,21-/m0/s1. The van der Waals surface area contributed by atoms with Gasteiger partial charge in [-0.3, -0.25) is 14.2 Å². The average molecular weight is 504 g/mol. The maximum absolute atomic E-state index is 13.8. The summed E-state index contributed by atoms with van der Waals surface area (Å²) in [5, 5.41) is 12.7. The molecule has 1 amide bonds. The maximum atomic E-state index is 13.8. The van der Waals surface area contributed by atoms with Crippen LogP contribution in [0.2, 0.25) is 5.02 Å².